The highest BCUT2D eigenvalue weighted by Crippen LogP contribution is 2.25. The first-order chi connectivity index (χ1) is 17.1. The first kappa shape index (κ1) is 24.6. The first-order valence-electron chi connectivity index (χ1n) is 11.9. The van der Waals surface area contributed by atoms with E-state index in [1.807, 2.05) is 42.5 Å². The summed E-state index contributed by atoms with van der Waals surface area (Å²) < 4.78 is 12.4. The summed E-state index contributed by atoms with van der Waals surface area (Å²) in [5.41, 5.74) is 2.61. The van der Waals surface area contributed by atoms with E-state index in [4.69, 9.17) is 9.47 Å². The molecule has 0 radical (unpaired) electrons. The van der Waals surface area contributed by atoms with Crippen molar-refractivity contribution in [3.05, 3.63) is 81.9 Å². The summed E-state index contributed by atoms with van der Waals surface area (Å²) in [6.45, 7) is 4.41. The molecular formula is C26H32N6O3. The van der Waals surface area contributed by atoms with Crippen molar-refractivity contribution in [1.29, 1.82) is 0 Å². The summed E-state index contributed by atoms with van der Waals surface area (Å²) in [6.07, 6.45) is 1.64. The van der Waals surface area contributed by atoms with Gasteiger partial charge in [-0.2, -0.15) is 0 Å². The van der Waals surface area contributed by atoms with Crippen LogP contribution in [0.2, 0.25) is 0 Å². The fourth-order valence-corrected chi connectivity index (χ4v) is 4.35. The highest BCUT2D eigenvalue weighted by atomic mass is 16.5. The Kier molecular flexibility index (Phi) is 8.23. The van der Waals surface area contributed by atoms with Gasteiger partial charge in [-0.15, -0.1) is 5.10 Å². The zero-order chi connectivity index (χ0) is 24.6. The van der Waals surface area contributed by atoms with E-state index in [0.717, 1.165) is 41.9 Å². The van der Waals surface area contributed by atoms with Crippen LogP contribution in [0.3, 0.4) is 0 Å². The molecule has 0 unspecified atom stereocenters. The molecule has 2 aromatic carbocycles. The summed E-state index contributed by atoms with van der Waals surface area (Å²) in [5.74, 6) is 1.52. The van der Waals surface area contributed by atoms with E-state index in [1.165, 1.54) is 5.56 Å². The van der Waals surface area contributed by atoms with E-state index in [1.54, 1.807) is 18.9 Å². The van der Waals surface area contributed by atoms with Gasteiger partial charge in [0.05, 0.1) is 26.3 Å². The Hall–Kier alpha value is -3.56. The topological polar surface area (TPSA) is 98.2 Å². The SMILES string of the molecule is CC[C@H](c1nnnn1CCOC)N(CCc1ccccc1)Cc1cc2cc(OC)ccc2[nH]c1=O. The number of nitrogens with one attached hydrogen (secondary N) is 1. The van der Waals surface area contributed by atoms with Gasteiger partial charge in [0.25, 0.3) is 5.56 Å². The molecule has 0 aliphatic heterocycles. The van der Waals surface area contributed by atoms with Gasteiger partial charge >= 0.3 is 0 Å². The predicted octanol–water partition coefficient (Wildman–Crippen LogP) is 3.37. The third kappa shape index (κ3) is 5.93. The summed E-state index contributed by atoms with van der Waals surface area (Å²) >= 11 is 0. The summed E-state index contributed by atoms with van der Waals surface area (Å²) in [5, 5.41) is 13.4. The lowest BCUT2D eigenvalue weighted by Crippen LogP contribution is -2.34. The molecule has 2 heterocycles. The molecular weight excluding hydrogens is 444 g/mol. The molecule has 184 valence electrons. The third-order valence-electron chi connectivity index (χ3n) is 6.22. The minimum Gasteiger partial charge on any atom is -0.497 e. The van der Waals surface area contributed by atoms with Crippen molar-refractivity contribution in [1.82, 2.24) is 30.1 Å². The van der Waals surface area contributed by atoms with Crippen LogP contribution in [0.25, 0.3) is 10.9 Å². The van der Waals surface area contributed by atoms with Crippen LogP contribution in [0.15, 0.2) is 59.4 Å². The number of aromatic nitrogens is 5. The van der Waals surface area contributed by atoms with Crippen molar-refractivity contribution >= 4 is 10.9 Å². The number of fused-ring (bicyclic) bond motifs is 1. The van der Waals surface area contributed by atoms with Gasteiger partial charge < -0.3 is 14.5 Å². The molecule has 0 saturated carbocycles. The summed E-state index contributed by atoms with van der Waals surface area (Å²) in [7, 11) is 3.30. The Bertz CT molecular complexity index is 1290. The fraction of sp³-hybridized carbons (Fsp3) is 0.385. The van der Waals surface area contributed by atoms with E-state index < -0.39 is 0 Å². The zero-order valence-corrected chi connectivity index (χ0v) is 20.5. The van der Waals surface area contributed by atoms with Crippen LogP contribution in [-0.4, -0.2) is 57.5 Å². The molecule has 35 heavy (non-hydrogen) atoms. The van der Waals surface area contributed by atoms with E-state index in [9.17, 15) is 4.79 Å². The van der Waals surface area contributed by atoms with E-state index >= 15 is 0 Å². The van der Waals surface area contributed by atoms with Gasteiger partial charge in [0, 0.05) is 36.7 Å². The number of hydrogen-bond acceptors (Lipinski definition) is 7. The highest BCUT2D eigenvalue weighted by molar-refractivity contribution is 5.80. The van der Waals surface area contributed by atoms with Crippen molar-refractivity contribution < 1.29 is 9.47 Å². The second kappa shape index (κ2) is 11.7. The Labute approximate surface area is 204 Å². The van der Waals surface area contributed by atoms with Crippen LogP contribution >= 0.6 is 0 Å². The number of rotatable bonds is 12. The maximum Gasteiger partial charge on any atom is 0.252 e. The lowest BCUT2D eigenvalue weighted by atomic mass is 10.1. The molecule has 0 fully saturated rings. The van der Waals surface area contributed by atoms with Gasteiger partial charge in [0.1, 0.15) is 5.75 Å². The Morgan fingerprint density at radius 1 is 1.11 bits per heavy atom. The van der Waals surface area contributed by atoms with Crippen LogP contribution < -0.4 is 10.3 Å². The van der Waals surface area contributed by atoms with Gasteiger partial charge in [-0.3, -0.25) is 9.69 Å². The number of pyridine rings is 1. The number of ether oxygens (including phenoxy) is 2. The lowest BCUT2D eigenvalue weighted by molar-refractivity contribution is 0.158. The van der Waals surface area contributed by atoms with Crippen LogP contribution in [0.1, 0.15) is 36.3 Å². The molecule has 2 aromatic heterocycles. The fourth-order valence-electron chi connectivity index (χ4n) is 4.35. The smallest absolute Gasteiger partial charge is 0.252 e. The zero-order valence-electron chi connectivity index (χ0n) is 20.5. The van der Waals surface area contributed by atoms with Crippen molar-refractivity contribution in [3.8, 4) is 5.75 Å². The second-order valence-electron chi connectivity index (χ2n) is 8.46. The molecule has 9 heteroatoms. The largest absolute Gasteiger partial charge is 0.497 e. The van der Waals surface area contributed by atoms with Gasteiger partial charge in [-0.1, -0.05) is 37.3 Å². The van der Waals surface area contributed by atoms with Gasteiger partial charge in [-0.25, -0.2) is 4.68 Å². The number of nitrogens with zero attached hydrogens (tertiary/aromatic N) is 5. The number of benzene rings is 2. The monoisotopic (exact) mass is 476 g/mol. The van der Waals surface area contributed by atoms with Gasteiger partial charge in [0.2, 0.25) is 0 Å². The molecule has 4 rings (SSSR count). The number of hydrogen-bond donors (Lipinski definition) is 1. The number of tetrazole rings is 1. The standard InChI is InChI=1S/C26H32N6O3/c1-4-24(25-28-29-30-32(25)14-15-34-2)31(13-12-19-8-6-5-7-9-19)18-21-16-20-17-22(35-3)10-11-23(20)27-26(21)33/h5-11,16-17,24H,4,12-15,18H2,1-3H3,(H,27,33)/t24-/m1/s1. The molecule has 0 amide bonds. The molecule has 0 aliphatic carbocycles. The minimum absolute atomic E-state index is 0.0639. The third-order valence-corrected chi connectivity index (χ3v) is 6.22. The highest BCUT2D eigenvalue weighted by Gasteiger charge is 2.25. The summed E-state index contributed by atoms with van der Waals surface area (Å²) in [6, 6.07) is 17.9. The molecule has 0 aliphatic rings. The predicted molar refractivity (Wildman–Crippen MR) is 134 cm³/mol. The van der Waals surface area contributed by atoms with Gasteiger partial charge in [-0.05, 0) is 53.1 Å². The van der Waals surface area contributed by atoms with Crippen LogP contribution in [0, 0.1) is 0 Å². The minimum atomic E-state index is -0.0961. The molecule has 0 spiro atoms. The van der Waals surface area contributed by atoms with Crippen molar-refractivity contribution in [2.75, 3.05) is 27.4 Å². The molecule has 4 aromatic rings. The average molecular weight is 477 g/mol. The van der Waals surface area contributed by atoms with Crippen LogP contribution in [0.5, 0.6) is 5.75 Å². The van der Waals surface area contributed by atoms with Crippen molar-refractivity contribution in [2.24, 2.45) is 0 Å². The van der Waals surface area contributed by atoms with E-state index in [-0.39, 0.29) is 11.6 Å². The number of methoxy groups -OCH3 is 2. The number of H-pyrrole nitrogens is 1. The summed E-state index contributed by atoms with van der Waals surface area (Å²) in [4.78, 5) is 18.3. The second-order valence-corrected chi connectivity index (χ2v) is 8.46. The number of aromatic amines is 1. The Morgan fingerprint density at radius 2 is 1.94 bits per heavy atom. The normalized spacial score (nSPS) is 12.3. The van der Waals surface area contributed by atoms with Crippen molar-refractivity contribution in [2.45, 2.75) is 38.9 Å². The van der Waals surface area contributed by atoms with E-state index in [2.05, 4.69) is 44.5 Å². The quantitative estimate of drug-likeness (QED) is 0.335. The maximum absolute atomic E-state index is 13.0. The Morgan fingerprint density at radius 3 is 2.69 bits per heavy atom. The molecule has 1 N–H and O–H groups in total. The van der Waals surface area contributed by atoms with Crippen molar-refractivity contribution in [3.63, 3.8) is 0 Å². The average Bonchev–Trinajstić information content (AvgIpc) is 3.35. The first-order valence-corrected chi connectivity index (χ1v) is 11.9. The molecule has 1 atom stereocenters. The van der Waals surface area contributed by atoms with Crippen LogP contribution in [0.4, 0.5) is 0 Å². The van der Waals surface area contributed by atoms with E-state index in [0.29, 0.717) is 25.3 Å². The Balaban J connectivity index is 1.68. The van der Waals surface area contributed by atoms with Gasteiger partial charge in [0.15, 0.2) is 5.82 Å². The lowest BCUT2D eigenvalue weighted by Gasteiger charge is -2.30. The van der Waals surface area contributed by atoms with Crippen LogP contribution in [-0.2, 0) is 24.2 Å². The molecule has 9 nitrogen and oxygen atoms in total. The molecule has 0 saturated heterocycles. The molecule has 0 bridgehead atoms. The maximum atomic E-state index is 13.0.